The zero-order valence-electron chi connectivity index (χ0n) is 7.98. The van der Waals surface area contributed by atoms with Crippen molar-refractivity contribution >= 4 is 5.95 Å². The van der Waals surface area contributed by atoms with Gasteiger partial charge in [-0.05, 0) is 18.4 Å². The van der Waals surface area contributed by atoms with Crippen molar-refractivity contribution in [2.45, 2.75) is 19.8 Å². The number of aromatic nitrogens is 2. The quantitative estimate of drug-likeness (QED) is 0.688. The van der Waals surface area contributed by atoms with Crippen LogP contribution in [0.25, 0.3) is 0 Å². The van der Waals surface area contributed by atoms with E-state index in [0.717, 1.165) is 25.0 Å². The minimum Gasteiger partial charge on any atom is -0.341 e. The lowest BCUT2D eigenvalue weighted by atomic mass is 10.1. The van der Waals surface area contributed by atoms with E-state index in [4.69, 9.17) is 0 Å². The molecule has 0 saturated carbocycles. The van der Waals surface area contributed by atoms with Crippen LogP contribution in [0.5, 0.6) is 0 Å². The van der Waals surface area contributed by atoms with Crippen molar-refractivity contribution in [1.29, 1.82) is 0 Å². The van der Waals surface area contributed by atoms with Gasteiger partial charge in [-0.15, -0.1) is 0 Å². The highest BCUT2D eigenvalue weighted by Gasteiger charge is 2.22. The zero-order valence-corrected chi connectivity index (χ0v) is 7.98. The van der Waals surface area contributed by atoms with Crippen LogP contribution in [0, 0.1) is 5.92 Å². The Morgan fingerprint density at radius 1 is 1.46 bits per heavy atom. The molecular weight excluding hydrogens is 162 g/mol. The first-order chi connectivity index (χ1) is 6.40. The molecule has 70 valence electrons. The van der Waals surface area contributed by atoms with E-state index in [1.165, 1.54) is 12.8 Å². The Labute approximate surface area is 78.8 Å². The average molecular weight is 177 g/mol. The van der Waals surface area contributed by atoms with Crippen molar-refractivity contribution in [1.82, 2.24) is 9.97 Å². The van der Waals surface area contributed by atoms with Gasteiger partial charge in [0, 0.05) is 25.5 Å². The minimum atomic E-state index is 0.837. The van der Waals surface area contributed by atoms with Crippen LogP contribution in [0.2, 0.25) is 0 Å². The van der Waals surface area contributed by atoms with Crippen molar-refractivity contribution in [2.24, 2.45) is 5.92 Å². The molecule has 0 N–H and O–H groups in total. The van der Waals surface area contributed by atoms with Gasteiger partial charge in [0.05, 0.1) is 0 Å². The van der Waals surface area contributed by atoms with Crippen molar-refractivity contribution in [3.05, 3.63) is 18.5 Å². The first-order valence-electron chi connectivity index (χ1n) is 4.92. The molecule has 0 unspecified atom stereocenters. The van der Waals surface area contributed by atoms with Crippen LogP contribution in [-0.4, -0.2) is 23.1 Å². The highest BCUT2D eigenvalue weighted by Crippen LogP contribution is 2.21. The maximum atomic E-state index is 4.24. The molecule has 0 bridgehead atoms. The van der Waals surface area contributed by atoms with Crippen molar-refractivity contribution in [2.75, 3.05) is 18.0 Å². The van der Waals surface area contributed by atoms with Crippen LogP contribution >= 0.6 is 0 Å². The second-order valence-corrected chi connectivity index (χ2v) is 3.56. The molecular formula is C10H15N3. The van der Waals surface area contributed by atoms with Crippen LogP contribution in [0.3, 0.4) is 0 Å². The molecule has 0 aromatic carbocycles. The molecule has 2 heterocycles. The van der Waals surface area contributed by atoms with Crippen LogP contribution in [0.4, 0.5) is 5.95 Å². The molecule has 1 atom stereocenters. The molecule has 1 fully saturated rings. The number of hydrogen-bond donors (Lipinski definition) is 0. The van der Waals surface area contributed by atoms with Gasteiger partial charge in [-0.3, -0.25) is 0 Å². The Balaban J connectivity index is 2.04. The first kappa shape index (κ1) is 8.48. The molecule has 0 spiro atoms. The van der Waals surface area contributed by atoms with E-state index in [1.807, 2.05) is 18.5 Å². The summed E-state index contributed by atoms with van der Waals surface area (Å²) in [6.07, 6.45) is 6.17. The smallest absolute Gasteiger partial charge is 0.225 e. The van der Waals surface area contributed by atoms with E-state index in [-0.39, 0.29) is 0 Å². The Bertz CT molecular complexity index is 260. The molecule has 1 aliphatic rings. The molecule has 1 aromatic heterocycles. The lowest BCUT2D eigenvalue weighted by molar-refractivity contribution is 0.568. The summed E-state index contributed by atoms with van der Waals surface area (Å²) in [4.78, 5) is 10.8. The SMILES string of the molecule is CC[C@@H]1CCN(c2ncccn2)C1. The third kappa shape index (κ3) is 1.79. The molecule has 0 radical (unpaired) electrons. The minimum absolute atomic E-state index is 0.837. The summed E-state index contributed by atoms with van der Waals surface area (Å²) in [6.45, 7) is 4.49. The van der Waals surface area contributed by atoms with E-state index in [0.29, 0.717) is 0 Å². The molecule has 1 aromatic rings. The highest BCUT2D eigenvalue weighted by molar-refractivity contribution is 5.30. The van der Waals surface area contributed by atoms with Crippen LogP contribution in [0.15, 0.2) is 18.5 Å². The highest BCUT2D eigenvalue weighted by atomic mass is 15.3. The molecule has 13 heavy (non-hydrogen) atoms. The van der Waals surface area contributed by atoms with Crippen LogP contribution in [0.1, 0.15) is 19.8 Å². The standard InChI is InChI=1S/C10H15N3/c1-2-9-4-7-13(8-9)10-11-5-3-6-12-10/h3,5-6,9H,2,4,7-8H2,1H3/t9-/m1/s1. The molecule has 0 aliphatic carbocycles. The van der Waals surface area contributed by atoms with E-state index in [2.05, 4.69) is 21.8 Å². The summed E-state index contributed by atoms with van der Waals surface area (Å²) in [5, 5.41) is 0. The van der Waals surface area contributed by atoms with Crippen LogP contribution < -0.4 is 4.90 Å². The molecule has 3 nitrogen and oxygen atoms in total. The topological polar surface area (TPSA) is 29.0 Å². The van der Waals surface area contributed by atoms with Crippen molar-refractivity contribution < 1.29 is 0 Å². The number of rotatable bonds is 2. The fraction of sp³-hybridized carbons (Fsp3) is 0.600. The summed E-state index contributed by atoms with van der Waals surface area (Å²) in [6, 6.07) is 1.86. The Hall–Kier alpha value is -1.12. The largest absolute Gasteiger partial charge is 0.341 e. The summed E-state index contributed by atoms with van der Waals surface area (Å²) < 4.78 is 0. The van der Waals surface area contributed by atoms with E-state index >= 15 is 0 Å². The van der Waals surface area contributed by atoms with E-state index in [9.17, 15) is 0 Å². The Morgan fingerprint density at radius 2 is 2.23 bits per heavy atom. The normalized spacial score (nSPS) is 22.2. The summed E-state index contributed by atoms with van der Waals surface area (Å²) in [5.41, 5.74) is 0. The third-order valence-corrected chi connectivity index (χ3v) is 2.70. The molecule has 1 saturated heterocycles. The first-order valence-corrected chi connectivity index (χ1v) is 4.92. The zero-order chi connectivity index (χ0) is 9.10. The van der Waals surface area contributed by atoms with Gasteiger partial charge < -0.3 is 4.90 Å². The predicted molar refractivity (Wildman–Crippen MR) is 52.6 cm³/mol. The van der Waals surface area contributed by atoms with Gasteiger partial charge >= 0.3 is 0 Å². The fourth-order valence-electron chi connectivity index (χ4n) is 1.80. The van der Waals surface area contributed by atoms with Gasteiger partial charge in [0.2, 0.25) is 5.95 Å². The number of nitrogens with zero attached hydrogens (tertiary/aromatic N) is 3. The van der Waals surface area contributed by atoms with E-state index in [1.54, 1.807) is 0 Å². The van der Waals surface area contributed by atoms with Gasteiger partial charge in [-0.2, -0.15) is 0 Å². The molecule has 3 heteroatoms. The van der Waals surface area contributed by atoms with Crippen LogP contribution in [-0.2, 0) is 0 Å². The number of hydrogen-bond acceptors (Lipinski definition) is 3. The van der Waals surface area contributed by atoms with Gasteiger partial charge in [0.1, 0.15) is 0 Å². The fourth-order valence-corrected chi connectivity index (χ4v) is 1.80. The monoisotopic (exact) mass is 177 g/mol. The van der Waals surface area contributed by atoms with E-state index < -0.39 is 0 Å². The maximum Gasteiger partial charge on any atom is 0.225 e. The summed E-state index contributed by atoms with van der Waals surface area (Å²) >= 11 is 0. The van der Waals surface area contributed by atoms with Gasteiger partial charge in [0.15, 0.2) is 0 Å². The molecule has 0 amide bonds. The second kappa shape index (κ2) is 3.73. The molecule has 1 aliphatic heterocycles. The third-order valence-electron chi connectivity index (χ3n) is 2.70. The Kier molecular flexibility index (Phi) is 2.43. The van der Waals surface area contributed by atoms with Gasteiger partial charge in [0.25, 0.3) is 0 Å². The van der Waals surface area contributed by atoms with Crippen molar-refractivity contribution in [3.8, 4) is 0 Å². The lowest BCUT2D eigenvalue weighted by Gasteiger charge is -2.14. The Morgan fingerprint density at radius 3 is 2.85 bits per heavy atom. The lowest BCUT2D eigenvalue weighted by Crippen LogP contribution is -2.21. The summed E-state index contributed by atoms with van der Waals surface area (Å²) in [7, 11) is 0. The molecule has 2 rings (SSSR count). The van der Waals surface area contributed by atoms with Gasteiger partial charge in [-0.1, -0.05) is 13.3 Å². The maximum absolute atomic E-state index is 4.24. The van der Waals surface area contributed by atoms with Gasteiger partial charge in [-0.25, -0.2) is 9.97 Å². The van der Waals surface area contributed by atoms with Crippen molar-refractivity contribution in [3.63, 3.8) is 0 Å². The summed E-state index contributed by atoms with van der Waals surface area (Å²) in [5.74, 6) is 1.72. The second-order valence-electron chi connectivity index (χ2n) is 3.56. The number of anilines is 1. The average Bonchev–Trinajstić information content (AvgIpc) is 2.67. The predicted octanol–water partition coefficient (Wildman–Crippen LogP) is 1.71.